The predicted octanol–water partition coefficient (Wildman–Crippen LogP) is 1.46. The normalized spacial score (nSPS) is 20.0. The molecule has 1 amide bonds. The summed E-state index contributed by atoms with van der Waals surface area (Å²) in [6.07, 6.45) is 4.69. The summed E-state index contributed by atoms with van der Waals surface area (Å²) in [4.78, 5) is 16.2. The van der Waals surface area contributed by atoms with Gasteiger partial charge in [0.25, 0.3) is 5.91 Å². The lowest BCUT2D eigenvalue weighted by atomic mass is 10.1. The lowest BCUT2D eigenvalue weighted by Gasteiger charge is -2.12. The van der Waals surface area contributed by atoms with E-state index >= 15 is 0 Å². The second-order valence-corrected chi connectivity index (χ2v) is 8.37. The maximum absolute atomic E-state index is 12.2. The summed E-state index contributed by atoms with van der Waals surface area (Å²) in [7, 11) is -2.99. The fourth-order valence-corrected chi connectivity index (χ4v) is 4.02. The van der Waals surface area contributed by atoms with Gasteiger partial charge >= 0.3 is 0 Å². The second kappa shape index (κ2) is 7.09. The summed E-state index contributed by atoms with van der Waals surface area (Å²) in [6.45, 7) is 5.13. The molecule has 122 valence electrons. The lowest BCUT2D eigenvalue weighted by molar-refractivity contribution is 0.0941. The number of pyridine rings is 1. The summed E-state index contributed by atoms with van der Waals surface area (Å²) in [5, 5.41) is 6.01. The number of carbonyl (C=O) groups is 1. The minimum atomic E-state index is -2.99. The van der Waals surface area contributed by atoms with Crippen LogP contribution in [0.1, 0.15) is 37.0 Å². The van der Waals surface area contributed by atoms with Crippen molar-refractivity contribution in [2.75, 3.05) is 23.4 Å². The number of anilines is 1. The molecule has 2 N–H and O–H groups in total. The van der Waals surface area contributed by atoms with E-state index in [1.165, 1.54) is 6.20 Å². The molecular formula is C15H23N3O3S. The first-order chi connectivity index (χ1) is 10.4. The summed E-state index contributed by atoms with van der Waals surface area (Å²) in [5.41, 5.74) is 1.24. The van der Waals surface area contributed by atoms with Crippen molar-refractivity contribution in [2.24, 2.45) is 5.92 Å². The molecule has 1 aliphatic rings. The molecule has 0 saturated carbocycles. The minimum Gasteiger partial charge on any atom is -0.384 e. The van der Waals surface area contributed by atoms with E-state index in [0.29, 0.717) is 17.9 Å². The Kier molecular flexibility index (Phi) is 5.39. The van der Waals surface area contributed by atoms with E-state index in [2.05, 4.69) is 29.5 Å². The molecule has 0 spiro atoms. The Morgan fingerprint density at radius 1 is 1.41 bits per heavy atom. The Morgan fingerprint density at radius 2 is 2.18 bits per heavy atom. The Hall–Kier alpha value is -1.63. The number of amides is 1. The van der Waals surface area contributed by atoms with Gasteiger partial charge in [-0.25, -0.2) is 8.42 Å². The van der Waals surface area contributed by atoms with Crippen LogP contribution in [0, 0.1) is 5.92 Å². The van der Waals surface area contributed by atoms with Gasteiger partial charge in [0, 0.05) is 25.0 Å². The van der Waals surface area contributed by atoms with Crippen LogP contribution in [-0.2, 0) is 9.84 Å². The molecular weight excluding hydrogens is 302 g/mol. The molecule has 1 atom stereocenters. The minimum absolute atomic E-state index is 0.0263. The SMILES string of the molecule is CC(C)CCNc1cncc(C(=O)NC2CCS(=O)(=O)C2)c1. The van der Waals surface area contributed by atoms with Gasteiger partial charge in [0.05, 0.1) is 22.8 Å². The van der Waals surface area contributed by atoms with E-state index in [1.807, 2.05) is 0 Å². The highest BCUT2D eigenvalue weighted by atomic mass is 32.2. The number of nitrogens with zero attached hydrogens (tertiary/aromatic N) is 1. The molecule has 2 rings (SSSR count). The second-order valence-electron chi connectivity index (χ2n) is 6.15. The Labute approximate surface area is 131 Å². The van der Waals surface area contributed by atoms with Crippen molar-refractivity contribution in [3.05, 3.63) is 24.0 Å². The average Bonchev–Trinajstić information content (AvgIpc) is 2.78. The van der Waals surface area contributed by atoms with E-state index in [0.717, 1.165) is 18.7 Å². The molecule has 1 aliphatic heterocycles. The largest absolute Gasteiger partial charge is 0.384 e. The number of nitrogens with one attached hydrogen (secondary N) is 2. The number of carbonyl (C=O) groups excluding carboxylic acids is 1. The van der Waals surface area contributed by atoms with Gasteiger partial charge in [0.1, 0.15) is 0 Å². The third-order valence-electron chi connectivity index (χ3n) is 3.62. The maximum atomic E-state index is 12.2. The zero-order valence-corrected chi connectivity index (χ0v) is 13.8. The van der Waals surface area contributed by atoms with Crippen molar-refractivity contribution >= 4 is 21.4 Å². The van der Waals surface area contributed by atoms with Crippen LogP contribution in [0.2, 0.25) is 0 Å². The first kappa shape index (κ1) is 16.7. The van der Waals surface area contributed by atoms with E-state index in [-0.39, 0.29) is 23.5 Å². The van der Waals surface area contributed by atoms with Gasteiger partial charge in [0.15, 0.2) is 9.84 Å². The molecule has 0 aromatic carbocycles. The van der Waals surface area contributed by atoms with Crippen LogP contribution in [-0.4, -0.2) is 43.4 Å². The number of rotatable bonds is 6. The van der Waals surface area contributed by atoms with Crippen LogP contribution in [0.5, 0.6) is 0 Å². The van der Waals surface area contributed by atoms with E-state index < -0.39 is 9.84 Å². The van der Waals surface area contributed by atoms with Crippen LogP contribution in [0.25, 0.3) is 0 Å². The van der Waals surface area contributed by atoms with Crippen LogP contribution in [0.4, 0.5) is 5.69 Å². The quantitative estimate of drug-likeness (QED) is 0.826. The highest BCUT2D eigenvalue weighted by molar-refractivity contribution is 7.91. The predicted molar refractivity (Wildman–Crippen MR) is 86.7 cm³/mol. The zero-order chi connectivity index (χ0) is 16.2. The van der Waals surface area contributed by atoms with Crippen molar-refractivity contribution in [1.82, 2.24) is 10.3 Å². The molecule has 0 radical (unpaired) electrons. The van der Waals surface area contributed by atoms with Crippen LogP contribution in [0.15, 0.2) is 18.5 Å². The van der Waals surface area contributed by atoms with E-state index in [4.69, 9.17) is 0 Å². The highest BCUT2D eigenvalue weighted by Gasteiger charge is 2.29. The third-order valence-corrected chi connectivity index (χ3v) is 5.39. The summed E-state index contributed by atoms with van der Waals surface area (Å²) < 4.78 is 22.8. The Balaban J connectivity index is 1.92. The van der Waals surface area contributed by atoms with Gasteiger partial charge < -0.3 is 10.6 Å². The van der Waals surface area contributed by atoms with Gasteiger partial charge in [-0.15, -0.1) is 0 Å². The molecule has 1 unspecified atom stereocenters. The van der Waals surface area contributed by atoms with Crippen molar-refractivity contribution in [2.45, 2.75) is 32.7 Å². The van der Waals surface area contributed by atoms with Crippen molar-refractivity contribution in [3.63, 3.8) is 0 Å². The summed E-state index contributed by atoms with van der Waals surface area (Å²) >= 11 is 0. The monoisotopic (exact) mass is 325 g/mol. The first-order valence-corrected chi connectivity index (χ1v) is 9.38. The topological polar surface area (TPSA) is 88.2 Å². The van der Waals surface area contributed by atoms with Crippen molar-refractivity contribution in [3.8, 4) is 0 Å². The molecule has 0 bridgehead atoms. The molecule has 7 heteroatoms. The molecule has 0 aliphatic carbocycles. The maximum Gasteiger partial charge on any atom is 0.253 e. The lowest BCUT2D eigenvalue weighted by Crippen LogP contribution is -2.35. The van der Waals surface area contributed by atoms with E-state index in [1.54, 1.807) is 12.3 Å². The van der Waals surface area contributed by atoms with Gasteiger partial charge in [-0.1, -0.05) is 13.8 Å². The Morgan fingerprint density at radius 3 is 2.82 bits per heavy atom. The molecule has 6 nitrogen and oxygen atoms in total. The number of sulfone groups is 1. The molecule has 2 heterocycles. The van der Waals surface area contributed by atoms with Gasteiger partial charge in [-0.2, -0.15) is 0 Å². The molecule has 22 heavy (non-hydrogen) atoms. The number of aromatic nitrogens is 1. The van der Waals surface area contributed by atoms with Gasteiger partial charge in [-0.05, 0) is 24.8 Å². The smallest absolute Gasteiger partial charge is 0.253 e. The number of hydrogen-bond acceptors (Lipinski definition) is 5. The standard InChI is InChI=1S/C15H23N3O3S/c1-11(2)3-5-17-14-7-12(8-16-9-14)15(19)18-13-4-6-22(20,21)10-13/h7-9,11,13,17H,3-6,10H2,1-2H3,(H,18,19). The molecule has 1 fully saturated rings. The zero-order valence-electron chi connectivity index (χ0n) is 13.0. The van der Waals surface area contributed by atoms with Crippen LogP contribution < -0.4 is 10.6 Å². The molecule has 1 saturated heterocycles. The van der Waals surface area contributed by atoms with Crippen LogP contribution >= 0.6 is 0 Å². The van der Waals surface area contributed by atoms with E-state index in [9.17, 15) is 13.2 Å². The fraction of sp³-hybridized carbons (Fsp3) is 0.600. The third kappa shape index (κ3) is 4.98. The molecule has 1 aromatic rings. The average molecular weight is 325 g/mol. The number of hydrogen-bond donors (Lipinski definition) is 2. The van der Waals surface area contributed by atoms with Gasteiger partial charge in [0.2, 0.25) is 0 Å². The van der Waals surface area contributed by atoms with Crippen molar-refractivity contribution < 1.29 is 13.2 Å². The summed E-state index contributed by atoms with van der Waals surface area (Å²) in [5.74, 6) is 0.504. The molecule has 1 aromatic heterocycles. The fourth-order valence-electron chi connectivity index (χ4n) is 2.34. The van der Waals surface area contributed by atoms with Crippen LogP contribution in [0.3, 0.4) is 0 Å². The van der Waals surface area contributed by atoms with Crippen molar-refractivity contribution in [1.29, 1.82) is 0 Å². The highest BCUT2D eigenvalue weighted by Crippen LogP contribution is 2.13. The first-order valence-electron chi connectivity index (χ1n) is 7.56. The Bertz CT molecular complexity index is 629. The summed E-state index contributed by atoms with van der Waals surface area (Å²) in [6, 6.07) is 1.45. The van der Waals surface area contributed by atoms with Gasteiger partial charge in [-0.3, -0.25) is 9.78 Å².